The molecule has 0 aromatic heterocycles. The van der Waals surface area contributed by atoms with E-state index in [1.807, 2.05) is 25.1 Å². The van der Waals surface area contributed by atoms with E-state index >= 15 is 0 Å². The number of piperazine rings is 1. The number of hydrogen-bond acceptors (Lipinski definition) is 4. The summed E-state index contributed by atoms with van der Waals surface area (Å²) in [6.07, 6.45) is 0.563. The second-order valence-electron chi connectivity index (χ2n) is 5.92. The lowest BCUT2D eigenvalue weighted by molar-refractivity contribution is -0.126. The topological polar surface area (TPSA) is 61.9 Å². The van der Waals surface area contributed by atoms with Crippen molar-refractivity contribution < 1.29 is 14.3 Å². The Morgan fingerprint density at radius 1 is 1.17 bits per heavy atom. The van der Waals surface area contributed by atoms with Crippen LogP contribution in [0.2, 0.25) is 0 Å². The van der Waals surface area contributed by atoms with Gasteiger partial charge >= 0.3 is 6.09 Å². The van der Waals surface area contributed by atoms with Gasteiger partial charge in [0, 0.05) is 32.7 Å². The number of amides is 2. The van der Waals surface area contributed by atoms with Crippen molar-refractivity contribution in [2.45, 2.75) is 26.3 Å². The van der Waals surface area contributed by atoms with Crippen molar-refractivity contribution in [3.8, 4) is 0 Å². The quantitative estimate of drug-likeness (QED) is 0.857. The van der Waals surface area contributed by atoms with Crippen LogP contribution in [0.25, 0.3) is 0 Å². The van der Waals surface area contributed by atoms with E-state index in [0.717, 1.165) is 6.42 Å². The van der Waals surface area contributed by atoms with Gasteiger partial charge in [0.05, 0.1) is 12.6 Å². The summed E-state index contributed by atoms with van der Waals surface area (Å²) in [5, 5.41) is 3.00. The largest absolute Gasteiger partial charge is 0.450 e. The van der Waals surface area contributed by atoms with Crippen molar-refractivity contribution in [1.29, 1.82) is 0 Å². The van der Waals surface area contributed by atoms with E-state index in [4.69, 9.17) is 4.74 Å². The van der Waals surface area contributed by atoms with Gasteiger partial charge in [0.25, 0.3) is 0 Å². The first kappa shape index (κ1) is 18.3. The highest BCUT2D eigenvalue weighted by Gasteiger charge is 2.27. The Hall–Kier alpha value is -2.08. The summed E-state index contributed by atoms with van der Waals surface area (Å²) in [6.45, 7) is 7.31. The zero-order chi connectivity index (χ0) is 17.4. The molecule has 1 aromatic rings. The summed E-state index contributed by atoms with van der Waals surface area (Å²) in [5.41, 5.74) is 1.22. The Balaban J connectivity index is 1.71. The molecule has 0 unspecified atom stereocenters. The molecule has 1 aromatic carbocycles. The summed E-state index contributed by atoms with van der Waals surface area (Å²) >= 11 is 0. The molecule has 0 aliphatic carbocycles. The Morgan fingerprint density at radius 3 is 2.46 bits per heavy atom. The molecule has 1 aliphatic heterocycles. The number of ether oxygens (including phenoxy) is 1. The third kappa shape index (κ3) is 5.23. The van der Waals surface area contributed by atoms with Gasteiger partial charge in [-0.15, -0.1) is 0 Å². The molecule has 1 heterocycles. The molecule has 1 atom stereocenters. The minimum atomic E-state index is -0.267. The Morgan fingerprint density at radius 2 is 1.83 bits per heavy atom. The van der Waals surface area contributed by atoms with Crippen LogP contribution >= 0.6 is 0 Å². The molecule has 2 amide bonds. The smallest absolute Gasteiger partial charge is 0.409 e. The van der Waals surface area contributed by atoms with Gasteiger partial charge in [-0.3, -0.25) is 9.69 Å². The van der Waals surface area contributed by atoms with Gasteiger partial charge in [0.15, 0.2) is 0 Å². The normalized spacial score (nSPS) is 16.5. The molecule has 1 saturated heterocycles. The van der Waals surface area contributed by atoms with E-state index in [1.54, 1.807) is 11.8 Å². The third-order valence-electron chi connectivity index (χ3n) is 4.32. The van der Waals surface area contributed by atoms with E-state index in [-0.39, 0.29) is 18.0 Å². The second kappa shape index (κ2) is 9.27. The van der Waals surface area contributed by atoms with Crippen LogP contribution in [-0.2, 0) is 16.0 Å². The molecule has 2 rings (SSSR count). The number of benzene rings is 1. The lowest BCUT2D eigenvalue weighted by atomic mass is 10.1. The minimum Gasteiger partial charge on any atom is -0.450 e. The molecule has 0 bridgehead atoms. The summed E-state index contributed by atoms with van der Waals surface area (Å²) in [6, 6.07) is 9.92. The van der Waals surface area contributed by atoms with Crippen LogP contribution in [0, 0.1) is 0 Å². The predicted molar refractivity (Wildman–Crippen MR) is 92.8 cm³/mol. The van der Waals surface area contributed by atoms with Crippen LogP contribution in [0.15, 0.2) is 30.3 Å². The van der Waals surface area contributed by atoms with E-state index in [9.17, 15) is 9.59 Å². The highest BCUT2D eigenvalue weighted by Crippen LogP contribution is 2.08. The number of carbonyl (C=O) groups excluding carboxylic acids is 2. The molecule has 1 fully saturated rings. The van der Waals surface area contributed by atoms with Crippen molar-refractivity contribution in [1.82, 2.24) is 15.1 Å². The van der Waals surface area contributed by atoms with Crippen LogP contribution in [-0.4, -0.2) is 67.2 Å². The molecule has 6 heteroatoms. The van der Waals surface area contributed by atoms with Crippen molar-refractivity contribution in [3.63, 3.8) is 0 Å². The molecule has 6 nitrogen and oxygen atoms in total. The fraction of sp³-hybridized carbons (Fsp3) is 0.556. The maximum atomic E-state index is 12.3. The van der Waals surface area contributed by atoms with Gasteiger partial charge in [-0.25, -0.2) is 4.79 Å². The fourth-order valence-corrected chi connectivity index (χ4v) is 2.79. The molecule has 0 saturated carbocycles. The first-order chi connectivity index (χ1) is 11.6. The molecule has 1 aliphatic rings. The summed E-state index contributed by atoms with van der Waals surface area (Å²) in [4.78, 5) is 27.8. The lowest BCUT2D eigenvalue weighted by Crippen LogP contribution is -2.55. The number of hydrogen-bond donors (Lipinski definition) is 1. The number of rotatable bonds is 6. The monoisotopic (exact) mass is 333 g/mol. The number of nitrogens with zero attached hydrogens (tertiary/aromatic N) is 2. The summed E-state index contributed by atoms with van der Waals surface area (Å²) in [7, 11) is 0. The molecule has 1 N–H and O–H groups in total. The van der Waals surface area contributed by atoms with Crippen LogP contribution in [0.3, 0.4) is 0 Å². The van der Waals surface area contributed by atoms with E-state index in [0.29, 0.717) is 39.3 Å². The van der Waals surface area contributed by atoms with Crippen molar-refractivity contribution in [2.75, 3.05) is 39.3 Å². The SMILES string of the molecule is CCOC(=O)N1CCN([C@H](C)C(=O)NCCc2ccccc2)CC1. The van der Waals surface area contributed by atoms with Gasteiger partial charge in [-0.2, -0.15) is 0 Å². The zero-order valence-electron chi connectivity index (χ0n) is 14.5. The van der Waals surface area contributed by atoms with Crippen molar-refractivity contribution in [3.05, 3.63) is 35.9 Å². The standard InChI is InChI=1S/C18H27N3O3/c1-3-24-18(23)21-13-11-20(12-14-21)15(2)17(22)19-10-9-16-7-5-4-6-8-16/h4-8,15H,3,9-14H2,1-2H3,(H,19,22)/t15-/m1/s1. The lowest BCUT2D eigenvalue weighted by Gasteiger charge is -2.36. The molecule has 0 spiro atoms. The van der Waals surface area contributed by atoms with Crippen LogP contribution < -0.4 is 5.32 Å². The number of nitrogens with one attached hydrogen (secondary N) is 1. The first-order valence-electron chi connectivity index (χ1n) is 8.59. The molecule has 132 valence electrons. The van der Waals surface area contributed by atoms with Gasteiger partial charge in [0.2, 0.25) is 5.91 Å². The Bertz CT molecular complexity index is 528. The maximum Gasteiger partial charge on any atom is 0.409 e. The van der Waals surface area contributed by atoms with E-state index in [1.165, 1.54) is 5.56 Å². The molecular formula is C18H27N3O3. The maximum absolute atomic E-state index is 12.3. The highest BCUT2D eigenvalue weighted by molar-refractivity contribution is 5.81. The minimum absolute atomic E-state index is 0.0375. The van der Waals surface area contributed by atoms with E-state index < -0.39 is 0 Å². The van der Waals surface area contributed by atoms with Gasteiger partial charge < -0.3 is 15.0 Å². The average molecular weight is 333 g/mol. The average Bonchev–Trinajstić information content (AvgIpc) is 2.62. The summed E-state index contributed by atoms with van der Waals surface area (Å²) in [5.74, 6) is 0.0375. The zero-order valence-corrected chi connectivity index (χ0v) is 14.5. The van der Waals surface area contributed by atoms with Crippen LogP contribution in [0.1, 0.15) is 19.4 Å². The van der Waals surface area contributed by atoms with Gasteiger partial charge in [-0.05, 0) is 25.8 Å². The Kier molecular flexibility index (Phi) is 7.06. The molecule has 0 radical (unpaired) electrons. The van der Waals surface area contributed by atoms with Crippen LogP contribution in [0.4, 0.5) is 4.79 Å². The molecule has 24 heavy (non-hydrogen) atoms. The number of carbonyl (C=O) groups is 2. The Labute approximate surface area is 143 Å². The predicted octanol–water partition coefficient (Wildman–Crippen LogP) is 1.51. The van der Waals surface area contributed by atoms with E-state index in [2.05, 4.69) is 22.3 Å². The van der Waals surface area contributed by atoms with Crippen molar-refractivity contribution >= 4 is 12.0 Å². The van der Waals surface area contributed by atoms with Gasteiger partial charge in [0.1, 0.15) is 0 Å². The van der Waals surface area contributed by atoms with Crippen LogP contribution in [0.5, 0.6) is 0 Å². The molecular weight excluding hydrogens is 306 g/mol. The third-order valence-corrected chi connectivity index (χ3v) is 4.32. The highest BCUT2D eigenvalue weighted by atomic mass is 16.6. The summed E-state index contributed by atoms with van der Waals surface area (Å²) < 4.78 is 5.01. The fourth-order valence-electron chi connectivity index (χ4n) is 2.79. The second-order valence-corrected chi connectivity index (χ2v) is 5.92. The van der Waals surface area contributed by atoms with Gasteiger partial charge in [-0.1, -0.05) is 30.3 Å². The first-order valence-corrected chi connectivity index (χ1v) is 8.59. The van der Waals surface area contributed by atoms with Crippen molar-refractivity contribution in [2.24, 2.45) is 0 Å².